The average Bonchev–Trinajstić information content (AvgIpc) is 2.55. The van der Waals surface area contributed by atoms with Gasteiger partial charge >= 0.3 is 0 Å². The first-order chi connectivity index (χ1) is 12.0. The van der Waals surface area contributed by atoms with Crippen LogP contribution < -0.4 is 15.4 Å². The Balaban J connectivity index is 1.37. The molecular weight excluding hydrogens is 316 g/mol. The number of anilines is 2. The van der Waals surface area contributed by atoms with Crippen molar-refractivity contribution >= 4 is 23.2 Å². The third kappa shape index (κ3) is 2.43. The zero-order valence-electron chi connectivity index (χ0n) is 14.5. The molecule has 132 valence electrons. The lowest BCUT2D eigenvalue weighted by Gasteiger charge is -2.55. The Bertz CT molecular complexity index is 722. The van der Waals surface area contributed by atoms with Crippen LogP contribution in [0.5, 0.6) is 5.75 Å². The van der Waals surface area contributed by atoms with Gasteiger partial charge in [-0.05, 0) is 81.4 Å². The van der Waals surface area contributed by atoms with Crippen molar-refractivity contribution in [3.8, 4) is 5.75 Å². The van der Waals surface area contributed by atoms with E-state index in [2.05, 4.69) is 10.6 Å². The summed E-state index contributed by atoms with van der Waals surface area (Å²) >= 11 is 0. The highest BCUT2D eigenvalue weighted by molar-refractivity contribution is 6.00. The van der Waals surface area contributed by atoms with Gasteiger partial charge in [0.05, 0.1) is 11.1 Å². The second kappa shape index (κ2) is 5.23. The van der Waals surface area contributed by atoms with Crippen molar-refractivity contribution in [2.45, 2.75) is 51.6 Å². The second-order valence-electron chi connectivity index (χ2n) is 8.61. The molecule has 4 aliphatic carbocycles. The molecule has 5 nitrogen and oxygen atoms in total. The summed E-state index contributed by atoms with van der Waals surface area (Å²) in [7, 11) is 0. The molecule has 1 aromatic carbocycles. The summed E-state index contributed by atoms with van der Waals surface area (Å²) in [6.45, 7) is 1.72. The molecule has 1 aliphatic heterocycles. The summed E-state index contributed by atoms with van der Waals surface area (Å²) in [5.41, 5.74) is 1.20. The SMILES string of the molecule is C[C@@H]1Oc2ccc(NC(=O)C34CC5CC(CC(C5)C3)C4)cc2NC1=O. The van der Waals surface area contributed by atoms with Crippen LogP contribution in [-0.4, -0.2) is 17.9 Å². The third-order valence-electron chi connectivity index (χ3n) is 6.69. The zero-order chi connectivity index (χ0) is 17.2. The van der Waals surface area contributed by atoms with Crippen LogP contribution in [0, 0.1) is 23.2 Å². The Morgan fingerprint density at radius 2 is 1.80 bits per heavy atom. The normalized spacial score (nSPS) is 37.9. The fraction of sp³-hybridized carbons (Fsp3) is 0.600. The van der Waals surface area contributed by atoms with Crippen molar-refractivity contribution in [1.82, 2.24) is 0 Å². The topological polar surface area (TPSA) is 67.4 Å². The molecule has 4 fully saturated rings. The van der Waals surface area contributed by atoms with Crippen molar-refractivity contribution in [3.05, 3.63) is 18.2 Å². The standard InChI is InChI=1S/C20H24N2O3/c1-11-18(23)22-16-7-15(2-3-17(16)25-11)21-19(24)20-8-12-4-13(9-20)6-14(5-12)10-20/h2-3,7,11-14H,4-6,8-10H2,1H3,(H,21,24)(H,22,23)/t11-,12?,13?,14?,20?/m0/s1. The molecular formula is C20H24N2O3. The van der Waals surface area contributed by atoms with E-state index < -0.39 is 6.10 Å². The molecule has 0 aromatic heterocycles. The second-order valence-corrected chi connectivity index (χ2v) is 8.61. The van der Waals surface area contributed by atoms with Gasteiger partial charge in [-0.3, -0.25) is 9.59 Å². The van der Waals surface area contributed by atoms with Gasteiger partial charge in [0.25, 0.3) is 5.91 Å². The number of hydrogen-bond acceptors (Lipinski definition) is 3. The lowest BCUT2D eigenvalue weighted by atomic mass is 9.49. The maximum Gasteiger partial charge on any atom is 0.265 e. The van der Waals surface area contributed by atoms with Crippen LogP contribution in [0.25, 0.3) is 0 Å². The van der Waals surface area contributed by atoms with Gasteiger partial charge in [-0.25, -0.2) is 0 Å². The Kier molecular flexibility index (Phi) is 3.19. The van der Waals surface area contributed by atoms with Crippen LogP contribution >= 0.6 is 0 Å². The number of nitrogens with one attached hydrogen (secondary N) is 2. The summed E-state index contributed by atoms with van der Waals surface area (Å²) in [6, 6.07) is 5.49. The predicted octanol–water partition coefficient (Wildman–Crippen LogP) is 3.56. The van der Waals surface area contributed by atoms with E-state index in [0.717, 1.165) is 42.7 Å². The first-order valence-electron chi connectivity index (χ1n) is 9.44. The number of amides is 2. The summed E-state index contributed by atoms with van der Waals surface area (Å²) < 4.78 is 5.58. The Morgan fingerprint density at radius 3 is 2.44 bits per heavy atom. The van der Waals surface area contributed by atoms with Crippen LogP contribution in [0.3, 0.4) is 0 Å². The number of carbonyl (C=O) groups excluding carboxylic acids is 2. The molecule has 0 radical (unpaired) electrons. The lowest BCUT2D eigenvalue weighted by Crippen LogP contribution is -2.51. The van der Waals surface area contributed by atoms with Crippen LogP contribution in [0.15, 0.2) is 18.2 Å². The maximum atomic E-state index is 13.1. The molecule has 1 atom stereocenters. The van der Waals surface area contributed by atoms with E-state index in [-0.39, 0.29) is 17.2 Å². The largest absolute Gasteiger partial charge is 0.479 e. The number of hydrogen-bond donors (Lipinski definition) is 2. The molecule has 1 aromatic rings. The van der Waals surface area contributed by atoms with Gasteiger partial charge in [-0.15, -0.1) is 0 Å². The van der Waals surface area contributed by atoms with Crippen molar-refractivity contribution in [2.75, 3.05) is 10.6 Å². The van der Waals surface area contributed by atoms with E-state index >= 15 is 0 Å². The van der Waals surface area contributed by atoms with Gasteiger partial charge in [-0.1, -0.05) is 0 Å². The quantitative estimate of drug-likeness (QED) is 0.865. The van der Waals surface area contributed by atoms with E-state index in [4.69, 9.17) is 4.74 Å². The number of ether oxygens (including phenoxy) is 1. The smallest absolute Gasteiger partial charge is 0.265 e. The van der Waals surface area contributed by atoms with Crippen molar-refractivity contribution in [1.29, 1.82) is 0 Å². The van der Waals surface area contributed by atoms with Gasteiger partial charge in [0.2, 0.25) is 5.91 Å². The van der Waals surface area contributed by atoms with Crippen LogP contribution in [0.2, 0.25) is 0 Å². The van der Waals surface area contributed by atoms with Crippen LogP contribution in [0.1, 0.15) is 45.4 Å². The molecule has 5 heteroatoms. The predicted molar refractivity (Wildman–Crippen MR) is 94.4 cm³/mol. The molecule has 4 bridgehead atoms. The minimum Gasteiger partial charge on any atom is -0.479 e. The molecule has 0 unspecified atom stereocenters. The minimum absolute atomic E-state index is 0.155. The Morgan fingerprint density at radius 1 is 1.16 bits per heavy atom. The molecule has 0 spiro atoms. The van der Waals surface area contributed by atoms with E-state index in [0.29, 0.717) is 11.4 Å². The number of carbonyl (C=O) groups is 2. The van der Waals surface area contributed by atoms with Gasteiger partial charge in [0, 0.05) is 5.69 Å². The van der Waals surface area contributed by atoms with E-state index in [1.807, 2.05) is 12.1 Å². The highest BCUT2D eigenvalue weighted by atomic mass is 16.5. The first kappa shape index (κ1) is 15.2. The van der Waals surface area contributed by atoms with Gasteiger partial charge in [0.1, 0.15) is 5.75 Å². The minimum atomic E-state index is -0.486. The molecule has 25 heavy (non-hydrogen) atoms. The van der Waals surface area contributed by atoms with E-state index in [9.17, 15) is 9.59 Å². The summed E-state index contributed by atoms with van der Waals surface area (Å²) in [5, 5.41) is 5.97. The number of rotatable bonds is 2. The zero-order valence-corrected chi connectivity index (χ0v) is 14.5. The van der Waals surface area contributed by atoms with Crippen LogP contribution in [-0.2, 0) is 9.59 Å². The van der Waals surface area contributed by atoms with E-state index in [1.54, 1.807) is 13.0 Å². The Labute approximate surface area is 147 Å². The fourth-order valence-corrected chi connectivity index (χ4v) is 5.94. The lowest BCUT2D eigenvalue weighted by molar-refractivity contribution is -0.140. The molecule has 2 amide bonds. The number of fused-ring (bicyclic) bond motifs is 1. The summed E-state index contributed by atoms with van der Waals surface area (Å²) in [4.78, 5) is 24.9. The monoisotopic (exact) mass is 340 g/mol. The number of benzene rings is 1. The highest BCUT2D eigenvalue weighted by Gasteiger charge is 2.54. The molecule has 5 aliphatic rings. The molecule has 4 saturated carbocycles. The summed E-state index contributed by atoms with van der Waals surface area (Å²) in [5.74, 6) is 2.90. The van der Waals surface area contributed by atoms with Crippen molar-refractivity contribution in [3.63, 3.8) is 0 Å². The highest BCUT2D eigenvalue weighted by Crippen LogP contribution is 2.60. The third-order valence-corrected chi connectivity index (χ3v) is 6.69. The van der Waals surface area contributed by atoms with Gasteiger partial charge in [-0.2, -0.15) is 0 Å². The van der Waals surface area contributed by atoms with Gasteiger partial charge < -0.3 is 15.4 Å². The average molecular weight is 340 g/mol. The Hall–Kier alpha value is -2.04. The van der Waals surface area contributed by atoms with Crippen molar-refractivity contribution in [2.24, 2.45) is 23.2 Å². The molecule has 6 rings (SSSR count). The fourth-order valence-electron chi connectivity index (χ4n) is 5.94. The first-order valence-corrected chi connectivity index (χ1v) is 9.44. The molecule has 0 saturated heterocycles. The van der Waals surface area contributed by atoms with Gasteiger partial charge in [0.15, 0.2) is 6.10 Å². The molecule has 1 heterocycles. The maximum absolute atomic E-state index is 13.1. The van der Waals surface area contributed by atoms with Crippen molar-refractivity contribution < 1.29 is 14.3 Å². The van der Waals surface area contributed by atoms with E-state index in [1.165, 1.54) is 19.3 Å². The summed E-state index contributed by atoms with van der Waals surface area (Å²) in [6.07, 6.45) is 6.64. The van der Waals surface area contributed by atoms with Crippen LogP contribution in [0.4, 0.5) is 11.4 Å². The molecule has 2 N–H and O–H groups in total.